The van der Waals surface area contributed by atoms with Crippen LogP contribution < -0.4 is 0 Å². The van der Waals surface area contributed by atoms with Crippen LogP contribution in [0, 0.1) is 0 Å². The summed E-state index contributed by atoms with van der Waals surface area (Å²) in [4.78, 5) is 16.5. The molecule has 0 radical (unpaired) electrons. The van der Waals surface area contributed by atoms with Gasteiger partial charge in [-0.05, 0) is 42.2 Å². The third-order valence-corrected chi connectivity index (χ3v) is 3.99. The van der Waals surface area contributed by atoms with Crippen molar-refractivity contribution in [2.24, 2.45) is 4.99 Å². The van der Waals surface area contributed by atoms with Crippen LogP contribution in [0.25, 0.3) is 0 Å². The van der Waals surface area contributed by atoms with Crippen LogP contribution in [0.1, 0.15) is 36.5 Å². The molecular weight excluding hydrogens is 286 g/mol. The summed E-state index contributed by atoms with van der Waals surface area (Å²) in [6.45, 7) is 0.503. The summed E-state index contributed by atoms with van der Waals surface area (Å²) < 4.78 is 5.27. The summed E-state index contributed by atoms with van der Waals surface area (Å²) in [7, 11) is 0. The van der Waals surface area contributed by atoms with Crippen molar-refractivity contribution in [1.29, 1.82) is 0 Å². The largest absolute Gasteiger partial charge is 0.467 e. The van der Waals surface area contributed by atoms with Crippen LogP contribution in [0.2, 0.25) is 5.02 Å². The van der Waals surface area contributed by atoms with E-state index in [0.717, 1.165) is 23.5 Å². The number of hydrogen-bond acceptors (Lipinski definition) is 3. The number of nitrogens with zero attached hydrogens (tertiary/aromatic N) is 1. The molecule has 0 saturated heterocycles. The number of Topliss-reactive ketones (excluding diaryl/α,β-unsaturated/α-hetero) is 1. The van der Waals surface area contributed by atoms with Crippen molar-refractivity contribution in [3.63, 3.8) is 0 Å². The highest BCUT2D eigenvalue weighted by Gasteiger charge is 2.25. The molecule has 1 aromatic heterocycles. The van der Waals surface area contributed by atoms with Gasteiger partial charge in [0.1, 0.15) is 11.5 Å². The minimum Gasteiger partial charge on any atom is -0.467 e. The van der Waals surface area contributed by atoms with E-state index in [1.165, 1.54) is 0 Å². The average molecular weight is 302 g/mol. The van der Waals surface area contributed by atoms with Crippen molar-refractivity contribution in [3.8, 4) is 0 Å². The fourth-order valence-electron chi connectivity index (χ4n) is 2.69. The molecule has 3 nitrogen and oxygen atoms in total. The Hall–Kier alpha value is -1.87. The topological polar surface area (TPSA) is 42.6 Å². The third-order valence-electron chi connectivity index (χ3n) is 3.74. The van der Waals surface area contributed by atoms with Crippen molar-refractivity contribution in [3.05, 3.63) is 59.0 Å². The van der Waals surface area contributed by atoms with Gasteiger partial charge >= 0.3 is 0 Å². The molecule has 1 saturated carbocycles. The first-order chi connectivity index (χ1) is 10.2. The monoisotopic (exact) mass is 301 g/mol. The molecule has 0 N–H and O–H groups in total. The fourth-order valence-corrected chi connectivity index (χ4v) is 2.81. The molecule has 108 valence electrons. The van der Waals surface area contributed by atoms with Gasteiger partial charge in [-0.2, -0.15) is 0 Å². The van der Waals surface area contributed by atoms with E-state index in [2.05, 4.69) is 4.99 Å². The normalized spacial score (nSPS) is 20.9. The lowest BCUT2D eigenvalue weighted by atomic mass is 9.82. The van der Waals surface area contributed by atoms with Crippen LogP contribution in [0.5, 0.6) is 0 Å². The van der Waals surface area contributed by atoms with E-state index in [1.807, 2.05) is 36.4 Å². The molecule has 2 aromatic rings. The molecule has 0 bridgehead atoms. The Bertz CT molecular complexity index is 644. The molecule has 0 aliphatic heterocycles. The number of rotatable bonds is 3. The van der Waals surface area contributed by atoms with Crippen LogP contribution in [-0.2, 0) is 11.3 Å². The summed E-state index contributed by atoms with van der Waals surface area (Å²) in [5, 5.41) is 0.715. The quantitative estimate of drug-likeness (QED) is 0.842. The SMILES string of the molecule is O=C1CC(=NCc2ccco2)C[C@@H](c2ccc(Cl)cc2)C1. The summed E-state index contributed by atoms with van der Waals surface area (Å²) in [5.74, 6) is 1.28. The van der Waals surface area contributed by atoms with E-state index < -0.39 is 0 Å². The molecule has 1 aliphatic carbocycles. The Kier molecular flexibility index (Phi) is 4.20. The zero-order chi connectivity index (χ0) is 14.7. The minimum atomic E-state index is 0.207. The van der Waals surface area contributed by atoms with Gasteiger partial charge in [0.05, 0.1) is 12.8 Å². The van der Waals surface area contributed by atoms with Crippen LogP contribution in [0.15, 0.2) is 52.1 Å². The summed E-state index contributed by atoms with van der Waals surface area (Å²) in [6, 6.07) is 11.5. The summed E-state index contributed by atoms with van der Waals surface area (Å²) >= 11 is 5.91. The van der Waals surface area contributed by atoms with Crippen molar-refractivity contribution in [2.45, 2.75) is 31.7 Å². The smallest absolute Gasteiger partial charge is 0.139 e. The molecule has 0 amide bonds. The lowest BCUT2D eigenvalue weighted by Gasteiger charge is -2.23. The Balaban J connectivity index is 1.73. The number of carbonyl (C=O) groups is 1. The van der Waals surface area contributed by atoms with Gasteiger partial charge in [-0.3, -0.25) is 9.79 Å². The van der Waals surface area contributed by atoms with Crippen LogP contribution >= 0.6 is 11.6 Å². The van der Waals surface area contributed by atoms with E-state index in [-0.39, 0.29) is 11.7 Å². The van der Waals surface area contributed by atoms with Crippen molar-refractivity contribution < 1.29 is 9.21 Å². The number of benzene rings is 1. The van der Waals surface area contributed by atoms with Gasteiger partial charge in [0.25, 0.3) is 0 Å². The molecule has 21 heavy (non-hydrogen) atoms. The molecule has 4 heteroatoms. The number of hydrogen-bond donors (Lipinski definition) is 0. The highest BCUT2D eigenvalue weighted by Crippen LogP contribution is 2.30. The van der Waals surface area contributed by atoms with Crippen molar-refractivity contribution in [1.82, 2.24) is 0 Å². The van der Waals surface area contributed by atoms with Gasteiger partial charge in [0, 0.05) is 23.6 Å². The second kappa shape index (κ2) is 6.27. The standard InChI is InChI=1S/C17H16ClNO2/c18-14-5-3-12(4-6-14)13-8-15(10-16(20)9-13)19-11-17-2-1-7-21-17/h1-7,13H,8-11H2/t13-/m1/s1. The average Bonchev–Trinajstić information content (AvgIpc) is 2.99. The highest BCUT2D eigenvalue weighted by atomic mass is 35.5. The predicted octanol–water partition coefficient (Wildman–Crippen LogP) is 4.41. The van der Waals surface area contributed by atoms with Gasteiger partial charge < -0.3 is 4.42 Å². The van der Waals surface area contributed by atoms with Gasteiger partial charge in [0.15, 0.2) is 0 Å². The summed E-state index contributed by atoms with van der Waals surface area (Å²) in [5.41, 5.74) is 2.11. The van der Waals surface area contributed by atoms with Gasteiger partial charge in [-0.1, -0.05) is 23.7 Å². The summed E-state index contributed by atoms with van der Waals surface area (Å²) in [6.07, 6.45) is 3.51. The van der Waals surface area contributed by atoms with E-state index >= 15 is 0 Å². The van der Waals surface area contributed by atoms with Gasteiger partial charge in [0.2, 0.25) is 0 Å². The minimum absolute atomic E-state index is 0.207. The first kappa shape index (κ1) is 14.1. The number of ketones is 1. The molecule has 1 atom stereocenters. The molecule has 1 heterocycles. The molecule has 0 unspecified atom stereocenters. The molecule has 3 rings (SSSR count). The number of aliphatic imine (C=N–C) groups is 1. The second-order valence-corrected chi connectivity index (χ2v) is 5.77. The zero-order valence-electron chi connectivity index (χ0n) is 11.6. The predicted molar refractivity (Wildman–Crippen MR) is 82.9 cm³/mol. The number of halogens is 1. The van der Waals surface area contributed by atoms with E-state index in [1.54, 1.807) is 6.26 Å². The lowest BCUT2D eigenvalue weighted by molar-refractivity contribution is -0.118. The number of furan rings is 1. The Morgan fingerprint density at radius 1 is 1.19 bits per heavy atom. The van der Waals surface area contributed by atoms with Crippen LogP contribution in [-0.4, -0.2) is 11.5 Å². The second-order valence-electron chi connectivity index (χ2n) is 5.33. The fraction of sp³-hybridized carbons (Fsp3) is 0.294. The van der Waals surface area contributed by atoms with Gasteiger partial charge in [-0.15, -0.1) is 0 Å². The Morgan fingerprint density at radius 3 is 2.71 bits per heavy atom. The molecular formula is C17H16ClNO2. The maximum atomic E-state index is 12.0. The number of carbonyl (C=O) groups excluding carboxylic acids is 1. The maximum absolute atomic E-state index is 12.0. The first-order valence-electron chi connectivity index (χ1n) is 7.02. The Morgan fingerprint density at radius 2 is 2.00 bits per heavy atom. The van der Waals surface area contributed by atoms with Crippen LogP contribution in [0.4, 0.5) is 0 Å². The van der Waals surface area contributed by atoms with Crippen LogP contribution in [0.3, 0.4) is 0 Å². The Labute approximate surface area is 128 Å². The van der Waals surface area contributed by atoms with E-state index in [0.29, 0.717) is 24.4 Å². The van der Waals surface area contributed by atoms with E-state index in [9.17, 15) is 4.79 Å². The third kappa shape index (κ3) is 3.61. The molecule has 1 aromatic carbocycles. The highest BCUT2D eigenvalue weighted by molar-refractivity contribution is 6.30. The zero-order valence-corrected chi connectivity index (χ0v) is 12.3. The maximum Gasteiger partial charge on any atom is 0.139 e. The van der Waals surface area contributed by atoms with Gasteiger partial charge in [-0.25, -0.2) is 0 Å². The first-order valence-corrected chi connectivity index (χ1v) is 7.40. The molecule has 0 spiro atoms. The molecule has 1 fully saturated rings. The lowest BCUT2D eigenvalue weighted by Crippen LogP contribution is -2.21. The molecule has 1 aliphatic rings. The van der Waals surface area contributed by atoms with E-state index in [4.69, 9.17) is 16.0 Å². The van der Waals surface area contributed by atoms with Crippen molar-refractivity contribution >= 4 is 23.1 Å². The van der Waals surface area contributed by atoms with Crippen molar-refractivity contribution in [2.75, 3.05) is 0 Å².